The third-order valence-corrected chi connectivity index (χ3v) is 4.76. The van der Waals surface area contributed by atoms with Gasteiger partial charge in [-0.2, -0.15) is 0 Å². The van der Waals surface area contributed by atoms with Crippen LogP contribution >= 0.6 is 23.8 Å². The van der Waals surface area contributed by atoms with Gasteiger partial charge >= 0.3 is 0 Å². The first-order valence-corrected chi connectivity index (χ1v) is 8.33. The number of halogens is 1. The zero-order valence-electron chi connectivity index (χ0n) is 12.5. The summed E-state index contributed by atoms with van der Waals surface area (Å²) in [6.07, 6.45) is 2.03. The molecule has 0 saturated heterocycles. The molecule has 4 heteroatoms. The summed E-state index contributed by atoms with van der Waals surface area (Å²) in [6, 6.07) is 16.8. The van der Waals surface area contributed by atoms with Gasteiger partial charge in [0, 0.05) is 5.02 Å². The Morgan fingerprint density at radius 1 is 1.18 bits per heavy atom. The van der Waals surface area contributed by atoms with E-state index in [1.54, 1.807) is 0 Å². The van der Waals surface area contributed by atoms with E-state index in [2.05, 4.69) is 35.8 Å². The molecular formula is C18H19ClN2S. The monoisotopic (exact) mass is 330 g/mol. The average Bonchev–Trinajstić information content (AvgIpc) is 2.92. The molecule has 1 aliphatic rings. The molecule has 2 aromatic rings. The Morgan fingerprint density at radius 3 is 2.73 bits per heavy atom. The van der Waals surface area contributed by atoms with E-state index in [0.29, 0.717) is 5.11 Å². The van der Waals surface area contributed by atoms with Gasteiger partial charge in [0.15, 0.2) is 5.11 Å². The minimum Gasteiger partial charge on any atom is -0.356 e. The van der Waals surface area contributed by atoms with Gasteiger partial charge in [0.2, 0.25) is 0 Å². The lowest BCUT2D eigenvalue weighted by atomic mass is 10.1. The molecule has 0 saturated carbocycles. The second-order valence-corrected chi connectivity index (χ2v) is 6.46. The smallest absolute Gasteiger partial charge is 0.167 e. The van der Waals surface area contributed by atoms with Gasteiger partial charge in [-0.05, 0) is 54.7 Å². The summed E-state index contributed by atoms with van der Waals surface area (Å²) >= 11 is 11.7. The van der Waals surface area contributed by atoms with Crippen LogP contribution in [0.1, 0.15) is 42.1 Å². The predicted octanol–water partition coefficient (Wildman–Crippen LogP) is 4.55. The van der Waals surface area contributed by atoms with E-state index in [1.165, 1.54) is 16.7 Å². The molecule has 0 aromatic heterocycles. The second-order valence-electron chi connectivity index (χ2n) is 5.65. The van der Waals surface area contributed by atoms with Crippen LogP contribution in [-0.4, -0.2) is 5.11 Å². The molecule has 0 fully saturated rings. The molecule has 2 atom stereocenters. The summed E-state index contributed by atoms with van der Waals surface area (Å²) in [5, 5.41) is 8.33. The van der Waals surface area contributed by atoms with Gasteiger partial charge in [-0.1, -0.05) is 54.1 Å². The largest absolute Gasteiger partial charge is 0.356 e. The fraction of sp³-hybridized carbons (Fsp3) is 0.278. The molecule has 0 unspecified atom stereocenters. The summed E-state index contributed by atoms with van der Waals surface area (Å²) in [7, 11) is 0. The molecular weight excluding hydrogens is 312 g/mol. The van der Waals surface area contributed by atoms with Crippen molar-refractivity contribution >= 4 is 28.9 Å². The van der Waals surface area contributed by atoms with E-state index in [-0.39, 0.29) is 12.1 Å². The van der Waals surface area contributed by atoms with Crippen LogP contribution < -0.4 is 10.6 Å². The maximum atomic E-state index is 6.26. The molecule has 1 aliphatic carbocycles. The van der Waals surface area contributed by atoms with Crippen molar-refractivity contribution in [3.05, 3.63) is 70.2 Å². The second kappa shape index (κ2) is 6.67. The molecule has 0 bridgehead atoms. The van der Waals surface area contributed by atoms with Crippen molar-refractivity contribution in [1.82, 2.24) is 10.6 Å². The quantitative estimate of drug-likeness (QED) is 0.807. The number of thiocarbonyl (C=S) groups is 1. The maximum Gasteiger partial charge on any atom is 0.167 e. The number of hydrogen-bond acceptors (Lipinski definition) is 1. The number of hydrogen-bond donors (Lipinski definition) is 2. The lowest BCUT2D eigenvalue weighted by Gasteiger charge is -2.21. The summed E-state index contributed by atoms with van der Waals surface area (Å²) in [5.74, 6) is 0. The lowest BCUT2D eigenvalue weighted by molar-refractivity contribution is 0.612. The zero-order valence-corrected chi connectivity index (χ0v) is 14.0. The van der Waals surface area contributed by atoms with E-state index < -0.39 is 0 Å². The van der Waals surface area contributed by atoms with E-state index in [1.807, 2.05) is 30.3 Å². The van der Waals surface area contributed by atoms with E-state index in [9.17, 15) is 0 Å². The summed E-state index contributed by atoms with van der Waals surface area (Å²) < 4.78 is 0. The minimum atomic E-state index is 0.182. The van der Waals surface area contributed by atoms with Gasteiger partial charge in [0.05, 0.1) is 12.1 Å². The van der Waals surface area contributed by atoms with Crippen molar-refractivity contribution in [2.45, 2.75) is 31.8 Å². The Labute approximate surface area is 141 Å². The summed E-state index contributed by atoms with van der Waals surface area (Å²) in [6.45, 7) is 2.11. The number of rotatable bonds is 3. The Balaban J connectivity index is 1.63. The molecule has 0 aliphatic heterocycles. The molecule has 2 nitrogen and oxygen atoms in total. The fourth-order valence-electron chi connectivity index (χ4n) is 2.98. The summed E-state index contributed by atoms with van der Waals surface area (Å²) in [5.41, 5.74) is 3.74. The first kappa shape index (κ1) is 15.3. The highest BCUT2D eigenvalue weighted by molar-refractivity contribution is 7.80. The molecule has 0 spiro atoms. The molecule has 3 rings (SSSR count). The Morgan fingerprint density at radius 2 is 1.95 bits per heavy atom. The lowest BCUT2D eigenvalue weighted by Crippen LogP contribution is -2.38. The molecule has 22 heavy (non-hydrogen) atoms. The van der Waals surface area contributed by atoms with Gasteiger partial charge in [0.25, 0.3) is 0 Å². The standard InChI is InChI=1S/C18H19ClN2S/c1-12(13-6-3-2-4-7-13)20-18(22)21-17-11-10-14-15(17)8-5-9-16(14)19/h2-9,12,17H,10-11H2,1H3,(H2,20,21,22)/t12-,17+/m0/s1. The van der Waals surface area contributed by atoms with Crippen LogP contribution in [0.4, 0.5) is 0 Å². The van der Waals surface area contributed by atoms with Crippen LogP contribution in [0.2, 0.25) is 5.02 Å². The van der Waals surface area contributed by atoms with Crippen LogP contribution in [0.3, 0.4) is 0 Å². The van der Waals surface area contributed by atoms with Gasteiger partial charge < -0.3 is 10.6 Å². The molecule has 2 aromatic carbocycles. The first-order chi connectivity index (χ1) is 10.6. The van der Waals surface area contributed by atoms with Crippen molar-refractivity contribution in [2.75, 3.05) is 0 Å². The fourth-order valence-corrected chi connectivity index (χ4v) is 3.58. The average molecular weight is 331 g/mol. The highest BCUT2D eigenvalue weighted by Crippen LogP contribution is 2.35. The maximum absolute atomic E-state index is 6.26. The van der Waals surface area contributed by atoms with Crippen LogP contribution in [0.15, 0.2) is 48.5 Å². The Bertz CT molecular complexity index is 672. The third kappa shape index (κ3) is 3.26. The highest BCUT2D eigenvalue weighted by Gasteiger charge is 2.24. The number of fused-ring (bicyclic) bond motifs is 1. The van der Waals surface area contributed by atoms with E-state index in [4.69, 9.17) is 23.8 Å². The Hall–Kier alpha value is -1.58. The molecule has 0 heterocycles. The van der Waals surface area contributed by atoms with Crippen LogP contribution in [0.5, 0.6) is 0 Å². The first-order valence-electron chi connectivity index (χ1n) is 7.54. The van der Waals surface area contributed by atoms with Gasteiger partial charge in [-0.3, -0.25) is 0 Å². The Kier molecular flexibility index (Phi) is 4.65. The molecule has 0 amide bonds. The van der Waals surface area contributed by atoms with Crippen LogP contribution in [0, 0.1) is 0 Å². The van der Waals surface area contributed by atoms with Crippen molar-refractivity contribution in [2.24, 2.45) is 0 Å². The SMILES string of the molecule is C[C@H](NC(=S)N[C@@H]1CCc2c(Cl)cccc21)c1ccccc1. The van der Waals surface area contributed by atoms with Crippen LogP contribution in [-0.2, 0) is 6.42 Å². The van der Waals surface area contributed by atoms with Gasteiger partial charge in [-0.15, -0.1) is 0 Å². The van der Waals surface area contributed by atoms with Crippen molar-refractivity contribution in [1.29, 1.82) is 0 Å². The predicted molar refractivity (Wildman–Crippen MR) is 96.2 cm³/mol. The number of benzene rings is 2. The molecule has 114 valence electrons. The topological polar surface area (TPSA) is 24.1 Å². The normalized spacial score (nSPS) is 17.6. The van der Waals surface area contributed by atoms with Gasteiger partial charge in [0.1, 0.15) is 0 Å². The molecule has 0 radical (unpaired) electrons. The summed E-state index contributed by atoms with van der Waals surface area (Å²) in [4.78, 5) is 0. The van der Waals surface area contributed by atoms with Crippen molar-refractivity contribution in [3.63, 3.8) is 0 Å². The van der Waals surface area contributed by atoms with E-state index in [0.717, 1.165) is 17.9 Å². The van der Waals surface area contributed by atoms with Gasteiger partial charge in [-0.25, -0.2) is 0 Å². The number of nitrogens with one attached hydrogen (secondary N) is 2. The van der Waals surface area contributed by atoms with E-state index >= 15 is 0 Å². The highest BCUT2D eigenvalue weighted by atomic mass is 35.5. The van der Waals surface area contributed by atoms with Crippen LogP contribution in [0.25, 0.3) is 0 Å². The minimum absolute atomic E-state index is 0.182. The third-order valence-electron chi connectivity index (χ3n) is 4.17. The molecule has 2 N–H and O–H groups in total. The van der Waals surface area contributed by atoms with Crippen molar-refractivity contribution in [3.8, 4) is 0 Å². The van der Waals surface area contributed by atoms with Crippen molar-refractivity contribution < 1.29 is 0 Å². The zero-order chi connectivity index (χ0) is 15.5.